The van der Waals surface area contributed by atoms with Crippen LogP contribution < -0.4 is 10.1 Å². The average Bonchev–Trinajstić information content (AvgIpc) is 2.59. The molecule has 0 aliphatic carbocycles. The Morgan fingerprint density at radius 1 is 1.15 bits per heavy atom. The fourth-order valence-corrected chi connectivity index (χ4v) is 2.43. The molecule has 1 N–H and O–H groups in total. The molecule has 0 radical (unpaired) electrons. The van der Waals surface area contributed by atoms with E-state index < -0.39 is 4.92 Å². The Labute approximate surface area is 166 Å². The number of hydrogen-bond acceptors (Lipinski definition) is 7. The fourth-order valence-electron chi connectivity index (χ4n) is 2.23. The first-order valence-electron chi connectivity index (χ1n) is 7.57. The maximum atomic E-state index is 11.2. The van der Waals surface area contributed by atoms with Gasteiger partial charge in [-0.1, -0.05) is 11.6 Å². The second-order valence-electron chi connectivity index (χ2n) is 5.46. The number of aromatic nitrogens is 3. The van der Waals surface area contributed by atoms with Gasteiger partial charge in [0.05, 0.1) is 11.1 Å². The Bertz CT molecular complexity index is 967. The van der Waals surface area contributed by atoms with E-state index in [1.54, 1.807) is 24.4 Å². The molecule has 0 unspecified atom stereocenters. The van der Waals surface area contributed by atoms with Crippen molar-refractivity contribution in [2.24, 2.45) is 0 Å². The molecular weight excluding hydrogens is 393 g/mol. The predicted octanol–water partition coefficient (Wildman–Crippen LogP) is 5.01. The molecule has 0 fully saturated rings. The van der Waals surface area contributed by atoms with Gasteiger partial charge >= 0.3 is 5.69 Å². The molecule has 3 rings (SSSR count). The molecule has 8 nitrogen and oxygen atoms in total. The van der Waals surface area contributed by atoms with Crippen LogP contribution in [0.2, 0.25) is 5.15 Å². The van der Waals surface area contributed by atoms with Gasteiger partial charge in [-0.05, 0) is 49.7 Å². The van der Waals surface area contributed by atoms with Gasteiger partial charge in [-0.2, -0.15) is 0 Å². The third-order valence-corrected chi connectivity index (χ3v) is 3.79. The zero-order chi connectivity index (χ0) is 18.7. The number of hydrogen-bond donors (Lipinski definition) is 1. The average molecular weight is 408 g/mol. The van der Waals surface area contributed by atoms with Gasteiger partial charge in [0.15, 0.2) is 0 Å². The van der Waals surface area contributed by atoms with Crippen molar-refractivity contribution in [1.29, 1.82) is 0 Å². The quantitative estimate of drug-likeness (QED) is 0.360. The topological polar surface area (TPSA) is 103 Å². The van der Waals surface area contributed by atoms with Gasteiger partial charge in [-0.15, -0.1) is 12.4 Å². The van der Waals surface area contributed by atoms with Gasteiger partial charge in [0.25, 0.3) is 0 Å². The van der Waals surface area contributed by atoms with E-state index in [1.165, 1.54) is 0 Å². The molecule has 0 aliphatic rings. The first kappa shape index (κ1) is 20.3. The molecule has 0 atom stereocenters. The number of pyridine rings is 1. The second-order valence-corrected chi connectivity index (χ2v) is 5.82. The molecule has 27 heavy (non-hydrogen) atoms. The Hall–Kier alpha value is -2.97. The zero-order valence-electron chi connectivity index (χ0n) is 14.3. The molecule has 0 saturated carbocycles. The van der Waals surface area contributed by atoms with Crippen molar-refractivity contribution in [1.82, 2.24) is 15.0 Å². The smallest absolute Gasteiger partial charge is 0.348 e. The highest BCUT2D eigenvalue weighted by Gasteiger charge is 2.21. The van der Waals surface area contributed by atoms with E-state index in [4.69, 9.17) is 16.3 Å². The first-order chi connectivity index (χ1) is 12.4. The van der Waals surface area contributed by atoms with Crippen molar-refractivity contribution in [3.63, 3.8) is 0 Å². The third-order valence-electron chi connectivity index (χ3n) is 3.51. The normalized spacial score (nSPS) is 10.0. The van der Waals surface area contributed by atoms with Crippen molar-refractivity contribution < 1.29 is 9.66 Å². The number of halogens is 2. The molecule has 140 valence electrons. The molecule has 3 aromatic rings. The van der Waals surface area contributed by atoms with Crippen LogP contribution >= 0.6 is 24.0 Å². The molecule has 10 heteroatoms. The van der Waals surface area contributed by atoms with E-state index >= 15 is 0 Å². The highest BCUT2D eigenvalue weighted by atomic mass is 35.5. The highest BCUT2D eigenvalue weighted by Crippen LogP contribution is 2.32. The van der Waals surface area contributed by atoms with E-state index in [2.05, 4.69) is 20.3 Å². The van der Waals surface area contributed by atoms with Crippen LogP contribution in [-0.4, -0.2) is 19.9 Å². The van der Waals surface area contributed by atoms with Gasteiger partial charge in [0.1, 0.15) is 17.8 Å². The minimum atomic E-state index is -0.626. The van der Waals surface area contributed by atoms with E-state index in [1.807, 2.05) is 26.0 Å². The molecule has 2 heterocycles. The van der Waals surface area contributed by atoms with E-state index in [-0.39, 0.29) is 29.1 Å². The van der Waals surface area contributed by atoms with Crippen LogP contribution in [0.1, 0.15) is 11.3 Å². The van der Waals surface area contributed by atoms with Crippen molar-refractivity contribution in [2.75, 3.05) is 5.32 Å². The summed E-state index contributed by atoms with van der Waals surface area (Å²) in [6.45, 7) is 3.76. The number of nitro groups is 1. The molecule has 2 aromatic heterocycles. The highest BCUT2D eigenvalue weighted by molar-refractivity contribution is 6.31. The largest absolute Gasteiger partial charge is 0.455 e. The lowest BCUT2D eigenvalue weighted by molar-refractivity contribution is -0.384. The lowest BCUT2D eigenvalue weighted by Crippen LogP contribution is -2.02. The van der Waals surface area contributed by atoms with Crippen LogP contribution in [0.15, 0.2) is 42.9 Å². The number of rotatable bonds is 5. The van der Waals surface area contributed by atoms with Gasteiger partial charge in [0, 0.05) is 11.4 Å². The number of anilines is 2. The summed E-state index contributed by atoms with van der Waals surface area (Å²) in [5, 5.41) is 13.8. The molecule has 0 saturated heterocycles. The van der Waals surface area contributed by atoms with Crippen LogP contribution in [0.5, 0.6) is 11.5 Å². The van der Waals surface area contributed by atoms with Crippen molar-refractivity contribution in [3.8, 4) is 11.5 Å². The fraction of sp³-hybridized carbons (Fsp3) is 0.118. The van der Waals surface area contributed by atoms with Crippen LogP contribution in [-0.2, 0) is 0 Å². The maximum absolute atomic E-state index is 11.2. The van der Waals surface area contributed by atoms with Crippen LogP contribution in [0.3, 0.4) is 0 Å². The summed E-state index contributed by atoms with van der Waals surface area (Å²) in [5.74, 6) is 1.29. The third kappa shape index (κ3) is 4.81. The lowest BCUT2D eigenvalue weighted by atomic mass is 10.2. The SMILES string of the molecule is Cc1ccc(Oc2ccc(Nc3ncnc(Cl)c3[N+](=O)[O-])cc2C)cn1.Cl. The molecule has 0 aliphatic heterocycles. The second kappa shape index (κ2) is 8.61. The Balaban J connectivity index is 0.00000261. The number of nitrogens with zero attached hydrogens (tertiary/aromatic N) is 4. The summed E-state index contributed by atoms with van der Waals surface area (Å²) in [4.78, 5) is 22.2. The molecular formula is C17H15Cl2N5O3. The summed E-state index contributed by atoms with van der Waals surface area (Å²) >= 11 is 5.79. The summed E-state index contributed by atoms with van der Waals surface area (Å²) < 4.78 is 5.81. The summed E-state index contributed by atoms with van der Waals surface area (Å²) in [6.07, 6.45) is 2.81. The maximum Gasteiger partial charge on any atom is 0.348 e. The first-order valence-corrected chi connectivity index (χ1v) is 7.95. The van der Waals surface area contributed by atoms with Crippen LogP contribution in [0, 0.1) is 24.0 Å². The number of aryl methyl sites for hydroxylation is 2. The molecule has 0 spiro atoms. The molecule has 0 bridgehead atoms. The lowest BCUT2D eigenvalue weighted by Gasteiger charge is -2.11. The monoisotopic (exact) mass is 407 g/mol. The molecule has 0 amide bonds. The summed E-state index contributed by atoms with van der Waals surface area (Å²) in [5.41, 5.74) is 1.96. The van der Waals surface area contributed by atoms with Crippen molar-refractivity contribution >= 4 is 41.2 Å². The Morgan fingerprint density at radius 3 is 2.56 bits per heavy atom. The van der Waals surface area contributed by atoms with E-state index in [0.29, 0.717) is 17.2 Å². The van der Waals surface area contributed by atoms with E-state index in [9.17, 15) is 10.1 Å². The number of ether oxygens (including phenoxy) is 1. The van der Waals surface area contributed by atoms with Gasteiger partial charge < -0.3 is 10.1 Å². The standard InChI is InChI=1S/C17H14ClN5O3.ClH/c1-10-7-12(22-17-15(23(24)25)16(18)20-9-21-17)4-6-14(10)26-13-5-3-11(2)19-8-13;/h3-9H,1-2H3,(H,20,21,22);1H. The minimum absolute atomic E-state index is 0. The zero-order valence-corrected chi connectivity index (χ0v) is 15.9. The summed E-state index contributed by atoms with van der Waals surface area (Å²) in [6, 6.07) is 8.96. The minimum Gasteiger partial charge on any atom is -0.455 e. The predicted molar refractivity (Wildman–Crippen MR) is 104 cm³/mol. The number of benzene rings is 1. The van der Waals surface area contributed by atoms with Gasteiger partial charge in [-0.25, -0.2) is 9.97 Å². The number of nitrogens with one attached hydrogen (secondary N) is 1. The van der Waals surface area contributed by atoms with E-state index in [0.717, 1.165) is 17.6 Å². The van der Waals surface area contributed by atoms with Crippen LogP contribution in [0.25, 0.3) is 0 Å². The summed E-state index contributed by atoms with van der Waals surface area (Å²) in [7, 11) is 0. The molecule has 1 aromatic carbocycles. The Morgan fingerprint density at radius 2 is 1.93 bits per heavy atom. The Kier molecular flexibility index (Phi) is 6.49. The van der Waals surface area contributed by atoms with Crippen LogP contribution in [0.4, 0.5) is 17.2 Å². The van der Waals surface area contributed by atoms with Crippen molar-refractivity contribution in [3.05, 3.63) is 69.4 Å². The van der Waals surface area contributed by atoms with Gasteiger partial charge in [0.2, 0.25) is 11.0 Å². The van der Waals surface area contributed by atoms with Gasteiger partial charge in [-0.3, -0.25) is 15.1 Å². The van der Waals surface area contributed by atoms with Crippen molar-refractivity contribution in [2.45, 2.75) is 13.8 Å².